The average Bonchev–Trinajstić information content (AvgIpc) is 2.98. The van der Waals surface area contributed by atoms with Crippen molar-refractivity contribution in [1.82, 2.24) is 9.88 Å². The van der Waals surface area contributed by atoms with Crippen LogP contribution in [0, 0.1) is 6.92 Å². The van der Waals surface area contributed by atoms with Crippen molar-refractivity contribution in [3.05, 3.63) is 39.7 Å². The van der Waals surface area contributed by atoms with Gasteiger partial charge in [0.1, 0.15) is 12.0 Å². The molecule has 0 aliphatic heterocycles. The van der Waals surface area contributed by atoms with E-state index in [9.17, 15) is 4.79 Å². The second-order valence-electron chi connectivity index (χ2n) is 4.03. The van der Waals surface area contributed by atoms with Crippen LogP contribution in [0.2, 0.25) is 0 Å². The minimum atomic E-state index is -0.0775. The highest BCUT2D eigenvalue weighted by Crippen LogP contribution is 2.16. The number of thiazole rings is 1. The summed E-state index contributed by atoms with van der Waals surface area (Å²) in [6.07, 6.45) is 1.44. The van der Waals surface area contributed by atoms with Crippen molar-refractivity contribution < 1.29 is 9.21 Å². The maximum Gasteiger partial charge on any atom is 0.257 e. The standard InChI is InChI=1S/C12H15N3O2S/c1-8-11(18-7-14-8)5-15(2)12(16)9-3-10(4-13)17-6-9/h3,6-7H,4-5,13H2,1-2H3. The zero-order chi connectivity index (χ0) is 13.1. The van der Waals surface area contributed by atoms with Gasteiger partial charge < -0.3 is 15.1 Å². The molecule has 0 unspecified atom stereocenters. The monoisotopic (exact) mass is 265 g/mol. The molecule has 2 aromatic rings. The van der Waals surface area contributed by atoms with Crippen LogP contribution in [-0.2, 0) is 13.1 Å². The molecule has 2 N–H and O–H groups in total. The molecule has 2 aromatic heterocycles. The number of hydrogen-bond acceptors (Lipinski definition) is 5. The summed E-state index contributed by atoms with van der Waals surface area (Å²) in [5.41, 5.74) is 8.72. The van der Waals surface area contributed by atoms with E-state index in [-0.39, 0.29) is 5.91 Å². The van der Waals surface area contributed by atoms with Gasteiger partial charge in [0.05, 0.1) is 29.9 Å². The Bertz CT molecular complexity index is 547. The molecular formula is C12H15N3O2S. The molecule has 6 heteroatoms. The Labute approximate surface area is 109 Å². The molecule has 96 valence electrons. The van der Waals surface area contributed by atoms with Gasteiger partial charge in [-0.1, -0.05) is 0 Å². The number of nitrogens with zero attached hydrogens (tertiary/aromatic N) is 2. The minimum absolute atomic E-state index is 0.0775. The lowest BCUT2D eigenvalue weighted by molar-refractivity contribution is 0.0785. The molecule has 0 aromatic carbocycles. The zero-order valence-electron chi connectivity index (χ0n) is 10.3. The molecule has 0 radical (unpaired) electrons. The van der Waals surface area contributed by atoms with E-state index in [4.69, 9.17) is 10.2 Å². The highest BCUT2D eigenvalue weighted by Gasteiger charge is 2.16. The third kappa shape index (κ3) is 2.60. The second kappa shape index (κ2) is 5.32. The van der Waals surface area contributed by atoms with Crippen molar-refractivity contribution in [2.45, 2.75) is 20.0 Å². The van der Waals surface area contributed by atoms with Crippen LogP contribution in [0.25, 0.3) is 0 Å². The average molecular weight is 265 g/mol. The van der Waals surface area contributed by atoms with Gasteiger partial charge in [-0.25, -0.2) is 4.98 Å². The first-order valence-electron chi connectivity index (χ1n) is 5.53. The fourth-order valence-electron chi connectivity index (χ4n) is 1.59. The molecule has 0 aliphatic carbocycles. The number of rotatable bonds is 4. The van der Waals surface area contributed by atoms with E-state index in [2.05, 4.69) is 4.98 Å². The number of hydrogen-bond donors (Lipinski definition) is 1. The van der Waals surface area contributed by atoms with Crippen LogP contribution in [0.5, 0.6) is 0 Å². The molecule has 0 spiro atoms. The molecule has 0 fully saturated rings. The summed E-state index contributed by atoms with van der Waals surface area (Å²) >= 11 is 1.55. The lowest BCUT2D eigenvalue weighted by Gasteiger charge is -2.15. The molecule has 0 bridgehead atoms. The zero-order valence-corrected chi connectivity index (χ0v) is 11.2. The lowest BCUT2D eigenvalue weighted by atomic mass is 10.2. The van der Waals surface area contributed by atoms with E-state index in [0.29, 0.717) is 24.4 Å². The molecule has 1 amide bonds. The van der Waals surface area contributed by atoms with Crippen LogP contribution in [0.3, 0.4) is 0 Å². The van der Waals surface area contributed by atoms with Crippen molar-refractivity contribution in [2.24, 2.45) is 5.73 Å². The first-order valence-corrected chi connectivity index (χ1v) is 6.41. The van der Waals surface area contributed by atoms with E-state index in [0.717, 1.165) is 10.6 Å². The third-order valence-electron chi connectivity index (χ3n) is 2.67. The van der Waals surface area contributed by atoms with Crippen LogP contribution < -0.4 is 5.73 Å². The molecule has 5 nitrogen and oxygen atoms in total. The number of carbonyl (C=O) groups excluding carboxylic acids is 1. The summed E-state index contributed by atoms with van der Waals surface area (Å²) in [7, 11) is 1.76. The molecule has 18 heavy (non-hydrogen) atoms. The summed E-state index contributed by atoms with van der Waals surface area (Å²) in [4.78, 5) is 19.0. The molecule has 0 aliphatic rings. The molecular weight excluding hydrogens is 250 g/mol. The number of amides is 1. The van der Waals surface area contributed by atoms with E-state index in [1.54, 1.807) is 34.9 Å². The third-order valence-corrected chi connectivity index (χ3v) is 3.59. The van der Waals surface area contributed by atoms with Gasteiger partial charge >= 0.3 is 0 Å². The predicted molar refractivity (Wildman–Crippen MR) is 69.2 cm³/mol. The van der Waals surface area contributed by atoms with Crippen LogP contribution >= 0.6 is 11.3 Å². The fourth-order valence-corrected chi connectivity index (χ4v) is 2.41. The van der Waals surface area contributed by atoms with Crippen molar-refractivity contribution in [2.75, 3.05) is 7.05 Å². The summed E-state index contributed by atoms with van der Waals surface area (Å²) in [6.45, 7) is 2.79. The summed E-state index contributed by atoms with van der Waals surface area (Å²) in [5, 5.41) is 0. The smallest absolute Gasteiger partial charge is 0.257 e. The Kier molecular flexibility index (Phi) is 3.78. The van der Waals surface area contributed by atoms with Gasteiger partial charge in [-0.05, 0) is 13.0 Å². The van der Waals surface area contributed by atoms with Gasteiger partial charge in [0.25, 0.3) is 5.91 Å². The number of aryl methyl sites for hydroxylation is 1. The van der Waals surface area contributed by atoms with Gasteiger partial charge in [0.15, 0.2) is 0 Å². The lowest BCUT2D eigenvalue weighted by Crippen LogP contribution is -2.25. The first kappa shape index (κ1) is 12.8. The second-order valence-corrected chi connectivity index (χ2v) is 4.97. The Balaban J connectivity index is 2.07. The molecule has 0 saturated heterocycles. The van der Waals surface area contributed by atoms with Crippen molar-refractivity contribution in [3.63, 3.8) is 0 Å². The maximum absolute atomic E-state index is 12.1. The highest BCUT2D eigenvalue weighted by atomic mass is 32.1. The summed E-state index contributed by atoms with van der Waals surface area (Å²) in [6, 6.07) is 1.68. The van der Waals surface area contributed by atoms with E-state index in [1.165, 1.54) is 6.26 Å². The van der Waals surface area contributed by atoms with Crippen LogP contribution in [0.1, 0.15) is 26.7 Å². The van der Waals surface area contributed by atoms with Gasteiger partial charge in [0.2, 0.25) is 0 Å². The van der Waals surface area contributed by atoms with Crippen molar-refractivity contribution in [1.29, 1.82) is 0 Å². The van der Waals surface area contributed by atoms with E-state index >= 15 is 0 Å². The molecule has 2 rings (SSSR count). The topological polar surface area (TPSA) is 72.4 Å². The van der Waals surface area contributed by atoms with Crippen LogP contribution in [-0.4, -0.2) is 22.8 Å². The summed E-state index contributed by atoms with van der Waals surface area (Å²) in [5.74, 6) is 0.534. The highest BCUT2D eigenvalue weighted by molar-refractivity contribution is 7.09. The predicted octanol–water partition coefficient (Wildman–Crippen LogP) is 1.78. The number of aromatic nitrogens is 1. The Morgan fingerprint density at radius 1 is 1.61 bits per heavy atom. The Morgan fingerprint density at radius 2 is 2.39 bits per heavy atom. The van der Waals surface area contributed by atoms with E-state index in [1.807, 2.05) is 6.92 Å². The fraction of sp³-hybridized carbons (Fsp3) is 0.333. The molecule has 0 saturated carbocycles. The van der Waals surface area contributed by atoms with Crippen LogP contribution in [0.15, 0.2) is 22.3 Å². The number of carbonyl (C=O) groups is 1. The van der Waals surface area contributed by atoms with Crippen LogP contribution in [0.4, 0.5) is 0 Å². The van der Waals surface area contributed by atoms with Crippen molar-refractivity contribution in [3.8, 4) is 0 Å². The normalized spacial score (nSPS) is 10.6. The first-order chi connectivity index (χ1) is 8.61. The Hall–Kier alpha value is -1.66. The van der Waals surface area contributed by atoms with Gasteiger partial charge in [0, 0.05) is 11.9 Å². The Morgan fingerprint density at radius 3 is 2.94 bits per heavy atom. The number of furan rings is 1. The quantitative estimate of drug-likeness (QED) is 0.914. The minimum Gasteiger partial charge on any atom is -0.467 e. The molecule has 0 atom stereocenters. The largest absolute Gasteiger partial charge is 0.467 e. The van der Waals surface area contributed by atoms with Gasteiger partial charge in [-0.2, -0.15) is 0 Å². The van der Waals surface area contributed by atoms with E-state index < -0.39 is 0 Å². The molecule has 2 heterocycles. The van der Waals surface area contributed by atoms with Gasteiger partial charge in [-0.15, -0.1) is 11.3 Å². The maximum atomic E-state index is 12.1. The number of nitrogens with two attached hydrogens (primary N) is 1. The summed E-state index contributed by atoms with van der Waals surface area (Å²) < 4.78 is 5.16. The van der Waals surface area contributed by atoms with Gasteiger partial charge in [-0.3, -0.25) is 4.79 Å². The van der Waals surface area contributed by atoms with Crippen molar-refractivity contribution >= 4 is 17.2 Å². The SMILES string of the molecule is Cc1ncsc1CN(C)C(=O)c1coc(CN)c1.